The number of aromatic carboxylic acids is 1. The van der Waals surface area contributed by atoms with Gasteiger partial charge >= 0.3 is 5.97 Å². The highest BCUT2D eigenvalue weighted by molar-refractivity contribution is 5.94. The minimum atomic E-state index is -0.991. The van der Waals surface area contributed by atoms with Gasteiger partial charge in [-0.2, -0.15) is 0 Å². The van der Waals surface area contributed by atoms with E-state index in [0.717, 1.165) is 18.4 Å². The number of carboxylic acid groups (broad SMARTS) is 1. The van der Waals surface area contributed by atoms with Crippen molar-refractivity contribution in [1.29, 1.82) is 0 Å². The normalized spacial score (nSPS) is 11.9. The summed E-state index contributed by atoms with van der Waals surface area (Å²) in [6.45, 7) is 5.98. The predicted molar refractivity (Wildman–Crippen MR) is 75.5 cm³/mol. The molecule has 1 aromatic rings. The van der Waals surface area contributed by atoms with Crippen LogP contribution in [0.1, 0.15) is 49.0 Å². The van der Waals surface area contributed by atoms with E-state index in [1.54, 1.807) is 6.07 Å². The molecular formula is C15H21NO3. The molecule has 0 heterocycles. The summed E-state index contributed by atoms with van der Waals surface area (Å²) in [4.78, 5) is 22.8. The summed E-state index contributed by atoms with van der Waals surface area (Å²) in [5, 5.41) is 11.7. The van der Waals surface area contributed by atoms with Gasteiger partial charge in [0.25, 0.3) is 0 Å². The Labute approximate surface area is 113 Å². The van der Waals surface area contributed by atoms with E-state index in [1.807, 2.05) is 13.8 Å². The van der Waals surface area contributed by atoms with Gasteiger partial charge in [0, 0.05) is 12.1 Å². The van der Waals surface area contributed by atoms with Crippen LogP contribution in [0, 0.1) is 12.8 Å². The summed E-state index contributed by atoms with van der Waals surface area (Å²) in [5.41, 5.74) is 1.62. The van der Waals surface area contributed by atoms with E-state index >= 15 is 0 Å². The maximum atomic E-state index is 11.9. The van der Waals surface area contributed by atoms with Gasteiger partial charge in [-0.25, -0.2) is 4.79 Å². The Bertz CT molecular complexity index is 468. The second-order valence-corrected chi connectivity index (χ2v) is 4.98. The Morgan fingerprint density at radius 2 is 2.05 bits per heavy atom. The first-order chi connectivity index (χ1) is 8.93. The second kappa shape index (κ2) is 6.92. The number of benzene rings is 1. The lowest BCUT2D eigenvalue weighted by Gasteiger charge is -2.12. The fourth-order valence-corrected chi connectivity index (χ4v) is 2.00. The van der Waals surface area contributed by atoms with E-state index in [-0.39, 0.29) is 11.5 Å². The third-order valence-corrected chi connectivity index (χ3v) is 3.07. The van der Waals surface area contributed by atoms with Crippen molar-refractivity contribution in [3.05, 3.63) is 29.3 Å². The molecule has 0 fully saturated rings. The van der Waals surface area contributed by atoms with Crippen LogP contribution in [0.3, 0.4) is 0 Å². The number of aryl methyl sites for hydroxylation is 1. The fourth-order valence-electron chi connectivity index (χ4n) is 2.00. The number of hydrogen-bond donors (Lipinski definition) is 2. The molecule has 1 aromatic carbocycles. The summed E-state index contributed by atoms with van der Waals surface area (Å²) < 4.78 is 0. The average Bonchev–Trinajstić information content (AvgIpc) is 2.31. The van der Waals surface area contributed by atoms with Crippen LogP contribution in [0.2, 0.25) is 0 Å². The Morgan fingerprint density at radius 1 is 1.37 bits per heavy atom. The van der Waals surface area contributed by atoms with Gasteiger partial charge in [-0.05, 0) is 30.5 Å². The lowest BCUT2D eigenvalue weighted by atomic mass is 10.0. The number of anilines is 1. The standard InChI is InChI=1S/C15H21NO3/c1-4-5-10(2)8-14(17)16-13-9-12(15(18)19)7-6-11(13)3/h6-7,9-10H,4-5,8H2,1-3H3,(H,16,17)(H,18,19). The molecule has 1 amide bonds. The summed E-state index contributed by atoms with van der Waals surface area (Å²) in [6, 6.07) is 4.74. The first-order valence-corrected chi connectivity index (χ1v) is 6.57. The zero-order chi connectivity index (χ0) is 14.4. The monoisotopic (exact) mass is 263 g/mol. The third kappa shape index (κ3) is 4.73. The van der Waals surface area contributed by atoms with Crippen LogP contribution in [0.4, 0.5) is 5.69 Å². The molecule has 0 aliphatic heterocycles. The van der Waals surface area contributed by atoms with Crippen molar-refractivity contribution in [2.75, 3.05) is 5.32 Å². The van der Waals surface area contributed by atoms with Gasteiger partial charge < -0.3 is 10.4 Å². The number of carboxylic acids is 1. The molecule has 0 radical (unpaired) electrons. The average molecular weight is 263 g/mol. The number of carbonyl (C=O) groups excluding carboxylic acids is 1. The van der Waals surface area contributed by atoms with E-state index < -0.39 is 5.97 Å². The van der Waals surface area contributed by atoms with Crippen LogP contribution < -0.4 is 5.32 Å². The lowest BCUT2D eigenvalue weighted by molar-refractivity contribution is -0.117. The molecule has 0 spiro atoms. The molecule has 104 valence electrons. The lowest BCUT2D eigenvalue weighted by Crippen LogP contribution is -2.16. The van der Waals surface area contributed by atoms with Crippen molar-refractivity contribution in [2.45, 2.75) is 40.0 Å². The fraction of sp³-hybridized carbons (Fsp3) is 0.467. The molecule has 0 aliphatic carbocycles. The Kier molecular flexibility index (Phi) is 5.55. The molecule has 0 aromatic heterocycles. The molecule has 0 saturated heterocycles. The van der Waals surface area contributed by atoms with Crippen LogP contribution in [0.25, 0.3) is 0 Å². The van der Waals surface area contributed by atoms with Gasteiger partial charge in [-0.1, -0.05) is 32.8 Å². The number of nitrogens with one attached hydrogen (secondary N) is 1. The van der Waals surface area contributed by atoms with E-state index in [0.29, 0.717) is 18.0 Å². The Balaban J connectivity index is 2.73. The smallest absolute Gasteiger partial charge is 0.335 e. The number of carbonyl (C=O) groups is 2. The predicted octanol–water partition coefficient (Wildman–Crippen LogP) is 3.46. The van der Waals surface area contributed by atoms with Crippen molar-refractivity contribution >= 4 is 17.6 Å². The molecule has 0 bridgehead atoms. The van der Waals surface area contributed by atoms with Crippen LogP contribution in [-0.4, -0.2) is 17.0 Å². The maximum absolute atomic E-state index is 11.9. The van der Waals surface area contributed by atoms with E-state index in [2.05, 4.69) is 12.2 Å². The molecule has 1 unspecified atom stereocenters. The topological polar surface area (TPSA) is 66.4 Å². The highest BCUT2D eigenvalue weighted by Gasteiger charge is 2.11. The molecule has 0 aliphatic rings. The quantitative estimate of drug-likeness (QED) is 0.826. The molecule has 19 heavy (non-hydrogen) atoms. The first kappa shape index (κ1) is 15.2. The van der Waals surface area contributed by atoms with Crippen LogP contribution >= 0.6 is 0 Å². The second-order valence-electron chi connectivity index (χ2n) is 4.98. The Morgan fingerprint density at radius 3 is 2.63 bits per heavy atom. The number of hydrogen-bond acceptors (Lipinski definition) is 2. The van der Waals surface area contributed by atoms with Gasteiger partial charge in [-0.15, -0.1) is 0 Å². The summed E-state index contributed by atoms with van der Waals surface area (Å²) in [7, 11) is 0. The zero-order valence-electron chi connectivity index (χ0n) is 11.7. The van der Waals surface area contributed by atoms with Gasteiger partial charge in [0.1, 0.15) is 0 Å². The summed E-state index contributed by atoms with van der Waals surface area (Å²) >= 11 is 0. The van der Waals surface area contributed by atoms with Crippen molar-refractivity contribution in [1.82, 2.24) is 0 Å². The zero-order valence-corrected chi connectivity index (χ0v) is 11.7. The molecule has 2 N–H and O–H groups in total. The Hall–Kier alpha value is -1.84. The van der Waals surface area contributed by atoms with E-state index in [9.17, 15) is 9.59 Å². The molecule has 4 nitrogen and oxygen atoms in total. The number of amides is 1. The van der Waals surface area contributed by atoms with Crippen molar-refractivity contribution in [2.24, 2.45) is 5.92 Å². The molecule has 0 saturated carbocycles. The van der Waals surface area contributed by atoms with Gasteiger partial charge in [0.05, 0.1) is 5.56 Å². The molecular weight excluding hydrogens is 242 g/mol. The van der Waals surface area contributed by atoms with Crippen LogP contribution in [-0.2, 0) is 4.79 Å². The SMILES string of the molecule is CCCC(C)CC(=O)Nc1cc(C(=O)O)ccc1C. The van der Waals surface area contributed by atoms with Crippen molar-refractivity contribution in [3.63, 3.8) is 0 Å². The van der Waals surface area contributed by atoms with E-state index in [4.69, 9.17) is 5.11 Å². The van der Waals surface area contributed by atoms with Gasteiger partial charge in [-0.3, -0.25) is 4.79 Å². The van der Waals surface area contributed by atoms with Gasteiger partial charge in [0.15, 0.2) is 0 Å². The van der Waals surface area contributed by atoms with Gasteiger partial charge in [0.2, 0.25) is 5.91 Å². The highest BCUT2D eigenvalue weighted by atomic mass is 16.4. The molecule has 1 rings (SSSR count). The van der Waals surface area contributed by atoms with Crippen molar-refractivity contribution in [3.8, 4) is 0 Å². The first-order valence-electron chi connectivity index (χ1n) is 6.57. The highest BCUT2D eigenvalue weighted by Crippen LogP contribution is 2.18. The summed E-state index contributed by atoms with van der Waals surface area (Å²) in [5.74, 6) is -0.714. The van der Waals surface area contributed by atoms with Crippen molar-refractivity contribution < 1.29 is 14.7 Å². The number of rotatable bonds is 6. The maximum Gasteiger partial charge on any atom is 0.335 e. The van der Waals surface area contributed by atoms with E-state index in [1.165, 1.54) is 12.1 Å². The third-order valence-electron chi connectivity index (χ3n) is 3.07. The minimum absolute atomic E-state index is 0.0633. The largest absolute Gasteiger partial charge is 0.478 e. The van der Waals surface area contributed by atoms with Crippen LogP contribution in [0.5, 0.6) is 0 Å². The molecule has 1 atom stereocenters. The summed E-state index contributed by atoms with van der Waals surface area (Å²) in [6.07, 6.45) is 2.54. The van der Waals surface area contributed by atoms with Crippen LogP contribution in [0.15, 0.2) is 18.2 Å². The minimum Gasteiger partial charge on any atom is -0.478 e. The molecule has 4 heteroatoms.